The van der Waals surface area contributed by atoms with Gasteiger partial charge in [0, 0.05) is 23.6 Å². The van der Waals surface area contributed by atoms with Crippen molar-refractivity contribution in [3.63, 3.8) is 0 Å². The molecule has 0 aliphatic heterocycles. The third kappa shape index (κ3) is 4.36. The lowest BCUT2D eigenvalue weighted by Gasteiger charge is -2.04. The Bertz CT molecular complexity index is 328. The van der Waals surface area contributed by atoms with Gasteiger partial charge in [-0.15, -0.1) is 12.6 Å². The monoisotopic (exact) mass is 225 g/mol. The molecule has 0 saturated heterocycles. The van der Waals surface area contributed by atoms with Crippen molar-refractivity contribution in [2.75, 3.05) is 13.2 Å². The van der Waals surface area contributed by atoms with Crippen molar-refractivity contribution >= 4 is 18.5 Å². The van der Waals surface area contributed by atoms with Crippen molar-refractivity contribution in [2.24, 2.45) is 0 Å². The second-order valence-electron chi connectivity index (χ2n) is 3.24. The SMILES string of the molecule is O=C(NCCCCO)c1cccc(S)c1. The van der Waals surface area contributed by atoms with Crippen molar-refractivity contribution in [3.8, 4) is 0 Å². The average Bonchev–Trinajstić information content (AvgIpc) is 2.24. The maximum Gasteiger partial charge on any atom is 0.251 e. The molecule has 1 aromatic carbocycles. The van der Waals surface area contributed by atoms with Crippen LogP contribution >= 0.6 is 12.6 Å². The summed E-state index contributed by atoms with van der Waals surface area (Å²) in [5.41, 5.74) is 0.617. The summed E-state index contributed by atoms with van der Waals surface area (Å²) in [5, 5.41) is 11.3. The molecule has 15 heavy (non-hydrogen) atoms. The smallest absolute Gasteiger partial charge is 0.251 e. The van der Waals surface area contributed by atoms with E-state index in [4.69, 9.17) is 5.11 Å². The van der Waals surface area contributed by atoms with E-state index < -0.39 is 0 Å². The Labute approximate surface area is 94.9 Å². The minimum absolute atomic E-state index is 0.0937. The molecule has 0 aliphatic rings. The largest absolute Gasteiger partial charge is 0.396 e. The first-order valence-electron chi connectivity index (χ1n) is 4.92. The Morgan fingerprint density at radius 1 is 1.40 bits per heavy atom. The van der Waals surface area contributed by atoms with Gasteiger partial charge in [-0.3, -0.25) is 4.79 Å². The maximum absolute atomic E-state index is 11.6. The molecule has 82 valence electrons. The Morgan fingerprint density at radius 3 is 2.87 bits per heavy atom. The number of benzene rings is 1. The third-order valence-corrected chi connectivity index (χ3v) is 2.26. The highest BCUT2D eigenvalue weighted by Gasteiger charge is 2.03. The van der Waals surface area contributed by atoms with E-state index in [0.717, 1.165) is 11.3 Å². The number of thiol groups is 1. The second kappa shape index (κ2) is 6.48. The fourth-order valence-corrected chi connectivity index (χ4v) is 1.41. The van der Waals surface area contributed by atoms with Crippen molar-refractivity contribution in [1.82, 2.24) is 5.32 Å². The zero-order chi connectivity index (χ0) is 11.1. The van der Waals surface area contributed by atoms with Crippen LogP contribution in [-0.4, -0.2) is 24.2 Å². The number of hydrogen-bond donors (Lipinski definition) is 3. The van der Waals surface area contributed by atoms with Crippen LogP contribution in [0.2, 0.25) is 0 Å². The summed E-state index contributed by atoms with van der Waals surface area (Å²) in [4.78, 5) is 12.3. The molecule has 0 spiro atoms. The molecule has 0 aliphatic carbocycles. The summed E-state index contributed by atoms with van der Waals surface area (Å²) in [6, 6.07) is 7.10. The van der Waals surface area contributed by atoms with Crippen LogP contribution in [0, 0.1) is 0 Å². The van der Waals surface area contributed by atoms with Crippen molar-refractivity contribution in [3.05, 3.63) is 29.8 Å². The van der Waals surface area contributed by atoms with Gasteiger partial charge in [-0.05, 0) is 31.0 Å². The first kappa shape index (κ1) is 12.1. The normalized spacial score (nSPS) is 10.0. The minimum atomic E-state index is -0.0937. The van der Waals surface area contributed by atoms with Crippen LogP contribution in [0.3, 0.4) is 0 Å². The number of unbranched alkanes of at least 4 members (excludes halogenated alkanes) is 1. The third-order valence-electron chi connectivity index (χ3n) is 1.98. The second-order valence-corrected chi connectivity index (χ2v) is 3.75. The molecule has 0 radical (unpaired) electrons. The van der Waals surface area contributed by atoms with Gasteiger partial charge in [-0.25, -0.2) is 0 Å². The van der Waals surface area contributed by atoms with E-state index in [-0.39, 0.29) is 12.5 Å². The first-order valence-corrected chi connectivity index (χ1v) is 5.37. The summed E-state index contributed by atoms with van der Waals surface area (Å²) in [7, 11) is 0. The average molecular weight is 225 g/mol. The molecule has 0 atom stereocenters. The minimum Gasteiger partial charge on any atom is -0.396 e. The summed E-state index contributed by atoms with van der Waals surface area (Å²) in [5.74, 6) is -0.0937. The summed E-state index contributed by atoms with van der Waals surface area (Å²) in [6.07, 6.45) is 1.51. The number of amides is 1. The quantitative estimate of drug-likeness (QED) is 0.525. The highest BCUT2D eigenvalue weighted by Crippen LogP contribution is 2.08. The fourth-order valence-electron chi connectivity index (χ4n) is 1.19. The predicted molar refractivity (Wildman–Crippen MR) is 62.3 cm³/mol. The summed E-state index contributed by atoms with van der Waals surface area (Å²) >= 11 is 4.16. The molecule has 0 bridgehead atoms. The van der Waals surface area contributed by atoms with Crippen LogP contribution in [-0.2, 0) is 0 Å². The van der Waals surface area contributed by atoms with Gasteiger partial charge in [-0.2, -0.15) is 0 Å². The van der Waals surface area contributed by atoms with Crippen molar-refractivity contribution in [1.29, 1.82) is 0 Å². The Kier molecular flexibility index (Phi) is 5.21. The lowest BCUT2D eigenvalue weighted by molar-refractivity contribution is 0.0952. The Hall–Kier alpha value is -1.00. The van der Waals surface area contributed by atoms with Crippen LogP contribution < -0.4 is 5.32 Å². The standard InChI is InChI=1S/C11H15NO2S/c13-7-2-1-6-12-11(14)9-4-3-5-10(15)8-9/h3-5,8,13,15H,1-2,6-7H2,(H,12,14). The van der Waals surface area contributed by atoms with E-state index >= 15 is 0 Å². The van der Waals surface area contributed by atoms with Crippen LogP contribution in [0.4, 0.5) is 0 Å². The highest BCUT2D eigenvalue weighted by atomic mass is 32.1. The predicted octanol–water partition coefficient (Wildman–Crippen LogP) is 1.48. The number of rotatable bonds is 5. The molecule has 1 aromatic rings. The number of hydrogen-bond acceptors (Lipinski definition) is 3. The topological polar surface area (TPSA) is 49.3 Å². The van der Waals surface area contributed by atoms with Gasteiger partial charge in [0.1, 0.15) is 0 Å². The highest BCUT2D eigenvalue weighted by molar-refractivity contribution is 7.80. The molecule has 0 saturated carbocycles. The van der Waals surface area contributed by atoms with E-state index in [9.17, 15) is 4.79 Å². The molecule has 0 heterocycles. The molecule has 0 fully saturated rings. The molecule has 3 nitrogen and oxygen atoms in total. The molecular formula is C11H15NO2S. The van der Waals surface area contributed by atoms with Gasteiger partial charge in [-0.1, -0.05) is 6.07 Å². The van der Waals surface area contributed by atoms with E-state index in [0.29, 0.717) is 18.5 Å². The van der Waals surface area contributed by atoms with Crippen LogP contribution in [0.25, 0.3) is 0 Å². The van der Waals surface area contributed by atoms with Crippen molar-refractivity contribution < 1.29 is 9.90 Å². The number of nitrogens with one attached hydrogen (secondary N) is 1. The zero-order valence-electron chi connectivity index (χ0n) is 8.44. The molecular weight excluding hydrogens is 210 g/mol. The molecule has 4 heteroatoms. The van der Waals surface area contributed by atoms with Gasteiger partial charge >= 0.3 is 0 Å². The summed E-state index contributed by atoms with van der Waals surface area (Å²) < 4.78 is 0. The molecule has 0 aromatic heterocycles. The van der Waals surface area contributed by atoms with Crippen LogP contribution in [0.5, 0.6) is 0 Å². The molecule has 0 unspecified atom stereocenters. The lowest BCUT2D eigenvalue weighted by atomic mass is 10.2. The van der Waals surface area contributed by atoms with Gasteiger partial charge in [0.15, 0.2) is 0 Å². The van der Waals surface area contributed by atoms with Crippen LogP contribution in [0.15, 0.2) is 29.2 Å². The van der Waals surface area contributed by atoms with E-state index in [1.54, 1.807) is 18.2 Å². The van der Waals surface area contributed by atoms with Gasteiger partial charge in [0.05, 0.1) is 0 Å². The van der Waals surface area contributed by atoms with E-state index in [2.05, 4.69) is 17.9 Å². The zero-order valence-corrected chi connectivity index (χ0v) is 9.33. The Morgan fingerprint density at radius 2 is 2.20 bits per heavy atom. The number of aliphatic hydroxyl groups is 1. The van der Waals surface area contributed by atoms with Crippen LogP contribution in [0.1, 0.15) is 23.2 Å². The number of aliphatic hydroxyl groups excluding tert-OH is 1. The molecule has 1 amide bonds. The van der Waals surface area contributed by atoms with Gasteiger partial charge in [0.2, 0.25) is 0 Å². The van der Waals surface area contributed by atoms with Gasteiger partial charge in [0.25, 0.3) is 5.91 Å². The number of carbonyl (C=O) groups excluding carboxylic acids is 1. The van der Waals surface area contributed by atoms with E-state index in [1.165, 1.54) is 0 Å². The fraction of sp³-hybridized carbons (Fsp3) is 0.364. The molecule has 2 N–H and O–H groups in total. The maximum atomic E-state index is 11.6. The van der Waals surface area contributed by atoms with Gasteiger partial charge < -0.3 is 10.4 Å². The number of carbonyl (C=O) groups is 1. The molecule has 1 rings (SSSR count). The van der Waals surface area contributed by atoms with E-state index in [1.807, 2.05) is 6.07 Å². The first-order chi connectivity index (χ1) is 7.24. The van der Waals surface area contributed by atoms with Crippen molar-refractivity contribution in [2.45, 2.75) is 17.7 Å². The lowest BCUT2D eigenvalue weighted by Crippen LogP contribution is -2.24. The summed E-state index contributed by atoms with van der Waals surface area (Å²) in [6.45, 7) is 0.762. The Balaban J connectivity index is 2.40.